The van der Waals surface area contributed by atoms with Gasteiger partial charge < -0.3 is 16.4 Å². The number of nitrogen functional groups attached to an aromatic ring is 1. The second kappa shape index (κ2) is 11.5. The van der Waals surface area contributed by atoms with Crippen molar-refractivity contribution in [2.24, 2.45) is 0 Å². The first-order valence-electron chi connectivity index (χ1n) is 12.8. The molecule has 4 N–H and O–H groups in total. The lowest BCUT2D eigenvalue weighted by Gasteiger charge is -2.17. The molecule has 0 radical (unpaired) electrons. The van der Waals surface area contributed by atoms with Gasteiger partial charge in [0.1, 0.15) is 12.1 Å². The molecule has 0 bridgehead atoms. The number of rotatable bonds is 8. The highest BCUT2D eigenvalue weighted by molar-refractivity contribution is 7.99. The Balaban J connectivity index is 1.49. The van der Waals surface area contributed by atoms with Gasteiger partial charge in [-0.05, 0) is 73.0 Å². The Labute approximate surface area is 232 Å². The number of benzene rings is 3. The zero-order chi connectivity index (χ0) is 27.4. The average Bonchev–Trinajstić information content (AvgIpc) is 2.95. The molecular weight excluding hydrogens is 504 g/mol. The summed E-state index contributed by atoms with van der Waals surface area (Å²) < 4.78 is 0. The monoisotopic (exact) mass is 534 g/mol. The molecule has 0 saturated carbocycles. The molecule has 0 spiro atoms. The van der Waals surface area contributed by atoms with Crippen LogP contribution in [0.15, 0.2) is 101 Å². The largest absolute Gasteiger partial charge is 0.399 e. The minimum absolute atomic E-state index is 0.133. The number of pyridine rings is 1. The smallest absolute Gasteiger partial charge is 0.251 e. The molecule has 1 amide bonds. The molecule has 0 aliphatic carbocycles. The molecule has 0 fully saturated rings. The molecule has 2 aromatic heterocycles. The van der Waals surface area contributed by atoms with E-state index in [2.05, 4.69) is 34.4 Å². The van der Waals surface area contributed by atoms with Crippen LogP contribution in [0.1, 0.15) is 54.3 Å². The van der Waals surface area contributed by atoms with Crippen LogP contribution in [-0.4, -0.2) is 20.9 Å². The van der Waals surface area contributed by atoms with E-state index >= 15 is 0 Å². The van der Waals surface area contributed by atoms with Crippen molar-refractivity contribution in [2.75, 3.05) is 11.1 Å². The van der Waals surface area contributed by atoms with Crippen molar-refractivity contribution in [1.29, 1.82) is 0 Å². The number of nitrogens with zero attached hydrogens (tertiary/aromatic N) is 3. The van der Waals surface area contributed by atoms with Gasteiger partial charge in [0, 0.05) is 26.7 Å². The van der Waals surface area contributed by atoms with E-state index in [-0.39, 0.29) is 17.9 Å². The number of nitrogens with one attached hydrogen (secondary N) is 2. The molecular formula is C31H30N6OS. The lowest BCUT2D eigenvalue weighted by molar-refractivity contribution is 0.0940. The lowest BCUT2D eigenvalue weighted by Crippen LogP contribution is -2.26. The molecule has 7 nitrogen and oxygen atoms in total. The minimum atomic E-state index is -0.158. The molecule has 196 valence electrons. The zero-order valence-electron chi connectivity index (χ0n) is 22.1. The van der Waals surface area contributed by atoms with Gasteiger partial charge in [0.05, 0.1) is 17.1 Å². The number of anilines is 3. The Hall–Kier alpha value is -4.43. The third kappa shape index (κ3) is 6.18. The maximum absolute atomic E-state index is 13.3. The van der Waals surface area contributed by atoms with Crippen LogP contribution < -0.4 is 16.4 Å². The number of carbonyl (C=O) groups is 1. The van der Waals surface area contributed by atoms with Crippen LogP contribution in [0, 0.1) is 0 Å². The maximum atomic E-state index is 13.3. The van der Waals surface area contributed by atoms with Crippen LogP contribution in [0.25, 0.3) is 11.0 Å². The van der Waals surface area contributed by atoms with E-state index in [1.165, 1.54) is 6.33 Å². The predicted octanol–water partition coefficient (Wildman–Crippen LogP) is 7.12. The fourth-order valence-electron chi connectivity index (χ4n) is 4.13. The summed E-state index contributed by atoms with van der Waals surface area (Å²) in [6.45, 7) is 6.18. The average molecular weight is 535 g/mol. The summed E-state index contributed by atoms with van der Waals surface area (Å²) in [6.07, 6.45) is 1.51. The van der Waals surface area contributed by atoms with E-state index in [0.717, 1.165) is 32.1 Å². The number of aromatic nitrogens is 3. The van der Waals surface area contributed by atoms with E-state index in [0.29, 0.717) is 22.7 Å². The van der Waals surface area contributed by atoms with E-state index in [1.54, 1.807) is 11.8 Å². The number of nitrogens with two attached hydrogens (primary N) is 1. The quantitative estimate of drug-likeness (QED) is 0.182. The fourth-order valence-corrected chi connectivity index (χ4v) is 5.01. The lowest BCUT2D eigenvalue weighted by atomic mass is 10.1. The van der Waals surface area contributed by atoms with Crippen LogP contribution in [0.5, 0.6) is 0 Å². The van der Waals surface area contributed by atoms with Crippen molar-refractivity contribution < 1.29 is 4.79 Å². The van der Waals surface area contributed by atoms with Gasteiger partial charge >= 0.3 is 0 Å². The Kier molecular flexibility index (Phi) is 7.74. The fraction of sp³-hybridized carbons (Fsp3) is 0.161. The first-order chi connectivity index (χ1) is 18.9. The maximum Gasteiger partial charge on any atom is 0.251 e. The molecule has 0 saturated heterocycles. The molecule has 5 aromatic rings. The standard InChI is InChI=1S/C31H30N6OS/c1-19(2)26-15-14-25-29(36-26)33-18-34-30(25)37-27-17-22(31(38)35-20(3)21-7-5-4-6-8-21)9-16-28(27)39-24-12-10-23(32)11-13-24/h4-20H,32H2,1-3H3,(H,35,38)(H,33,34,36,37)/t20-/m1/s1. The summed E-state index contributed by atoms with van der Waals surface area (Å²) >= 11 is 1.58. The summed E-state index contributed by atoms with van der Waals surface area (Å²) in [4.78, 5) is 28.8. The van der Waals surface area contributed by atoms with Crippen LogP contribution >= 0.6 is 11.8 Å². The van der Waals surface area contributed by atoms with Crippen molar-refractivity contribution in [2.45, 2.75) is 42.5 Å². The summed E-state index contributed by atoms with van der Waals surface area (Å²) in [5.74, 6) is 0.753. The summed E-state index contributed by atoms with van der Waals surface area (Å²) in [6, 6.07) is 27.1. The van der Waals surface area contributed by atoms with Gasteiger partial charge in [0.15, 0.2) is 5.65 Å². The van der Waals surface area contributed by atoms with Crippen molar-refractivity contribution in [3.8, 4) is 0 Å². The minimum Gasteiger partial charge on any atom is -0.399 e. The highest BCUT2D eigenvalue weighted by Crippen LogP contribution is 2.37. The molecule has 2 heterocycles. The topological polar surface area (TPSA) is 106 Å². The van der Waals surface area contributed by atoms with Gasteiger partial charge in [-0.15, -0.1) is 0 Å². The van der Waals surface area contributed by atoms with Gasteiger partial charge in [-0.1, -0.05) is 55.9 Å². The molecule has 8 heteroatoms. The normalized spacial score (nSPS) is 11.9. The highest BCUT2D eigenvalue weighted by atomic mass is 32.2. The number of hydrogen-bond acceptors (Lipinski definition) is 7. The van der Waals surface area contributed by atoms with Gasteiger partial charge in [0.2, 0.25) is 0 Å². The van der Waals surface area contributed by atoms with Crippen molar-refractivity contribution in [3.63, 3.8) is 0 Å². The van der Waals surface area contributed by atoms with Gasteiger partial charge in [0.25, 0.3) is 5.91 Å². The third-order valence-electron chi connectivity index (χ3n) is 6.36. The zero-order valence-corrected chi connectivity index (χ0v) is 22.9. The van der Waals surface area contributed by atoms with E-state index < -0.39 is 0 Å². The van der Waals surface area contributed by atoms with Crippen LogP contribution in [0.2, 0.25) is 0 Å². The Morgan fingerprint density at radius 3 is 2.41 bits per heavy atom. The molecule has 1 atom stereocenters. The van der Waals surface area contributed by atoms with Crippen LogP contribution in [-0.2, 0) is 0 Å². The molecule has 0 unspecified atom stereocenters. The third-order valence-corrected chi connectivity index (χ3v) is 7.44. The van der Waals surface area contributed by atoms with E-state index in [4.69, 9.17) is 10.7 Å². The summed E-state index contributed by atoms with van der Waals surface area (Å²) in [7, 11) is 0. The number of carbonyl (C=O) groups excluding carboxylic acids is 1. The van der Waals surface area contributed by atoms with Crippen LogP contribution in [0.4, 0.5) is 17.2 Å². The van der Waals surface area contributed by atoms with Gasteiger partial charge in [-0.2, -0.15) is 0 Å². The van der Waals surface area contributed by atoms with Crippen molar-refractivity contribution >= 4 is 45.9 Å². The van der Waals surface area contributed by atoms with Crippen LogP contribution in [0.3, 0.4) is 0 Å². The number of amides is 1. The van der Waals surface area contributed by atoms with E-state index in [1.807, 2.05) is 91.9 Å². The van der Waals surface area contributed by atoms with Gasteiger partial charge in [-0.25, -0.2) is 15.0 Å². The molecule has 0 aliphatic heterocycles. The predicted molar refractivity (Wildman–Crippen MR) is 158 cm³/mol. The van der Waals surface area contributed by atoms with E-state index in [9.17, 15) is 4.79 Å². The Morgan fingerprint density at radius 2 is 1.67 bits per heavy atom. The molecule has 5 rings (SSSR count). The SMILES string of the molecule is CC(C)c1ccc2c(Nc3cc(C(=O)N[C@H](C)c4ccccc4)ccc3Sc3ccc(N)cc3)ncnc2n1. The first kappa shape index (κ1) is 26.2. The number of hydrogen-bond donors (Lipinski definition) is 3. The van der Waals surface area contributed by atoms with Gasteiger partial charge in [-0.3, -0.25) is 4.79 Å². The Bertz CT molecular complexity index is 1610. The Morgan fingerprint density at radius 1 is 0.897 bits per heavy atom. The second-order valence-corrected chi connectivity index (χ2v) is 10.7. The second-order valence-electron chi connectivity index (χ2n) is 9.60. The molecule has 0 aliphatic rings. The van der Waals surface area contributed by atoms with Crippen molar-refractivity contribution in [3.05, 3.63) is 108 Å². The van der Waals surface area contributed by atoms with Crippen molar-refractivity contribution in [1.82, 2.24) is 20.3 Å². The summed E-state index contributed by atoms with van der Waals surface area (Å²) in [5, 5.41) is 7.37. The highest BCUT2D eigenvalue weighted by Gasteiger charge is 2.16. The first-order valence-corrected chi connectivity index (χ1v) is 13.6. The summed E-state index contributed by atoms with van der Waals surface area (Å²) in [5.41, 5.74) is 10.5. The molecule has 3 aromatic carbocycles. The number of fused-ring (bicyclic) bond motifs is 1. The molecule has 39 heavy (non-hydrogen) atoms.